The highest BCUT2D eigenvalue weighted by Crippen LogP contribution is 1.78. The molecule has 0 bridgehead atoms. The Balaban J connectivity index is 3.26. The van der Waals surface area contributed by atoms with Crippen molar-refractivity contribution >= 4 is 6.26 Å². The summed E-state index contributed by atoms with van der Waals surface area (Å²) >= 11 is 0. The van der Waals surface area contributed by atoms with E-state index in [1.54, 1.807) is 13.8 Å². The fraction of sp³-hybridized carbons (Fsp3) is 0.750. The Morgan fingerprint density at radius 1 is 2.00 bits per heavy atom. The summed E-state index contributed by atoms with van der Waals surface area (Å²) in [5, 5.41) is 0. The van der Waals surface area contributed by atoms with Crippen LogP contribution in [0.2, 0.25) is 0 Å². The third kappa shape index (κ3) is 3.67. The molecule has 5 heavy (non-hydrogen) atoms. The molecule has 0 radical (unpaired) electrons. The van der Waals surface area contributed by atoms with Crippen molar-refractivity contribution in [1.82, 2.24) is 0 Å². The van der Waals surface area contributed by atoms with Crippen LogP contribution >= 0.6 is 0 Å². The van der Waals surface area contributed by atoms with Gasteiger partial charge in [0.2, 0.25) is 0 Å². The number of carbonyl (C=O) groups excluding carboxylic acids is 1. The molecule has 0 N–H and O–H groups in total. The van der Waals surface area contributed by atoms with Crippen LogP contribution in [-0.2, 0) is 4.79 Å². The van der Waals surface area contributed by atoms with Crippen LogP contribution in [0.4, 0.5) is 0 Å². The van der Waals surface area contributed by atoms with Gasteiger partial charge in [-0.2, -0.15) is 0 Å². The van der Waals surface area contributed by atoms with Crippen LogP contribution in [0, 0.1) is 5.92 Å². The quantitative estimate of drug-likeness (QED) is 0.421. The Morgan fingerprint density at radius 3 is 2.20 bits per heavy atom. The molecule has 0 saturated carbocycles. The van der Waals surface area contributed by atoms with Crippen molar-refractivity contribution in [3.05, 3.63) is 0 Å². The van der Waals surface area contributed by atoms with E-state index in [1.807, 2.05) is 0 Å². The van der Waals surface area contributed by atoms with E-state index < -0.39 is 6.26 Å². The molecule has 0 unspecified atom stereocenters. The molecule has 1 nitrogen and oxygen atoms in total. The summed E-state index contributed by atoms with van der Waals surface area (Å²) in [5.41, 5.74) is 0. The zero-order chi connectivity index (χ0) is 5.15. The molecule has 0 rings (SSSR count). The molecule has 30 valence electrons. The molecule has 0 amide bonds. The normalized spacial score (nSPS) is 11.4. The molecule has 0 aromatic carbocycles. The topological polar surface area (TPSA) is 17.1 Å². The van der Waals surface area contributed by atoms with Gasteiger partial charge in [-0.05, 0) is 0 Å². The number of hydrogen-bond acceptors (Lipinski definition) is 1. The van der Waals surface area contributed by atoms with E-state index in [4.69, 9.17) is 1.37 Å². The van der Waals surface area contributed by atoms with Crippen LogP contribution in [-0.4, -0.2) is 6.26 Å². The Morgan fingerprint density at radius 2 is 2.20 bits per heavy atom. The Kier molecular flexibility index (Phi) is 1.12. The Bertz CT molecular complexity index is 58.6. The summed E-state index contributed by atoms with van der Waals surface area (Å²) in [5.74, 6) is -0.120. The van der Waals surface area contributed by atoms with E-state index in [1.165, 1.54) is 0 Å². The first-order chi connectivity index (χ1) is 2.64. The average molecular weight is 74.1 g/mol. The molecule has 0 heterocycles. The predicted octanol–water partition coefficient (Wildman–Crippen LogP) is 0.841. The SMILES string of the molecule is [3H]C(=O)C(C)C. The van der Waals surface area contributed by atoms with Crippen molar-refractivity contribution in [2.24, 2.45) is 5.92 Å². The third-order valence-electron chi connectivity index (χ3n) is 0.236. The monoisotopic (exact) mass is 74.1 g/mol. The largest absolute Gasteiger partial charge is 0.303 e. The van der Waals surface area contributed by atoms with Gasteiger partial charge in [-0.3, -0.25) is 0 Å². The second-order valence-corrected chi connectivity index (χ2v) is 1.27. The highest BCUT2D eigenvalue weighted by atomic mass is 16.1. The fourth-order valence-electron chi connectivity index (χ4n) is 0. The molecule has 0 aliphatic heterocycles. The molecule has 0 saturated heterocycles. The minimum Gasteiger partial charge on any atom is -0.303 e. The highest BCUT2D eigenvalue weighted by Gasteiger charge is 1.79. The summed E-state index contributed by atoms with van der Waals surface area (Å²) < 4.78 is 6.39. The first-order valence-electron chi connectivity index (χ1n) is 2.15. The van der Waals surface area contributed by atoms with Crippen LogP contribution < -0.4 is 0 Å². The molecule has 1 heteroatoms. The lowest BCUT2D eigenvalue weighted by atomic mass is 10.3. The van der Waals surface area contributed by atoms with Gasteiger partial charge in [0.25, 0.3) is 0 Å². The number of aldehydes is 1. The molecule has 0 atom stereocenters. The number of carbonyl (C=O) groups is 1. The lowest BCUT2D eigenvalue weighted by molar-refractivity contribution is -0.110. The van der Waals surface area contributed by atoms with Gasteiger partial charge in [0, 0.05) is 5.92 Å². The first-order valence-corrected chi connectivity index (χ1v) is 1.65. The minimum atomic E-state index is -0.491. The number of hydrogen-bond donors (Lipinski definition) is 0. The van der Waals surface area contributed by atoms with Crippen molar-refractivity contribution in [2.45, 2.75) is 13.8 Å². The highest BCUT2D eigenvalue weighted by molar-refractivity contribution is 5.51. The van der Waals surface area contributed by atoms with Gasteiger partial charge >= 0.3 is 0 Å². The van der Waals surface area contributed by atoms with E-state index >= 15 is 0 Å². The second-order valence-electron chi connectivity index (χ2n) is 1.27. The van der Waals surface area contributed by atoms with Gasteiger partial charge in [0.1, 0.15) is 7.63 Å². The summed E-state index contributed by atoms with van der Waals surface area (Å²) in [6, 6.07) is 0. The van der Waals surface area contributed by atoms with Gasteiger partial charge in [-0.15, -0.1) is 0 Å². The minimum absolute atomic E-state index is 0.120. The van der Waals surface area contributed by atoms with Gasteiger partial charge < -0.3 is 4.79 Å². The van der Waals surface area contributed by atoms with Crippen molar-refractivity contribution in [2.75, 3.05) is 0 Å². The third-order valence-corrected chi connectivity index (χ3v) is 0.236. The molecule has 0 spiro atoms. The van der Waals surface area contributed by atoms with Gasteiger partial charge in [0.15, 0.2) is 0 Å². The summed E-state index contributed by atoms with van der Waals surface area (Å²) in [7, 11) is 0. The molecular weight excluding hydrogens is 64.0 g/mol. The maximum atomic E-state index is 9.81. The Labute approximate surface area is 33.4 Å². The second kappa shape index (κ2) is 1.94. The van der Waals surface area contributed by atoms with E-state index in [2.05, 4.69) is 0 Å². The van der Waals surface area contributed by atoms with Crippen molar-refractivity contribution in [3.8, 4) is 0 Å². The van der Waals surface area contributed by atoms with Crippen LogP contribution in [0.5, 0.6) is 0 Å². The smallest absolute Gasteiger partial charge is 0.122 e. The summed E-state index contributed by atoms with van der Waals surface area (Å²) in [6.45, 7) is 3.41. The zero-order valence-electron chi connectivity index (χ0n) is 4.49. The molecule has 0 aromatic rings. The maximum Gasteiger partial charge on any atom is 0.122 e. The van der Waals surface area contributed by atoms with E-state index in [0.717, 1.165) is 0 Å². The van der Waals surface area contributed by atoms with Gasteiger partial charge in [0.05, 0.1) is 0 Å². The van der Waals surface area contributed by atoms with Crippen molar-refractivity contribution < 1.29 is 6.17 Å². The van der Waals surface area contributed by atoms with Crippen LogP contribution in [0.25, 0.3) is 0 Å². The van der Waals surface area contributed by atoms with E-state index in [0.29, 0.717) is 0 Å². The molecule has 0 aliphatic rings. The van der Waals surface area contributed by atoms with Crippen molar-refractivity contribution in [3.63, 3.8) is 0 Å². The number of rotatable bonds is 1. The first kappa shape index (κ1) is 2.88. The van der Waals surface area contributed by atoms with E-state index in [-0.39, 0.29) is 5.92 Å². The zero-order valence-corrected chi connectivity index (χ0v) is 3.49. The maximum absolute atomic E-state index is 9.81. The van der Waals surface area contributed by atoms with E-state index in [9.17, 15) is 4.79 Å². The van der Waals surface area contributed by atoms with Crippen LogP contribution in [0.15, 0.2) is 0 Å². The lowest BCUT2D eigenvalue weighted by Crippen LogP contribution is -1.82. The molecular formula is C4H8O. The summed E-state index contributed by atoms with van der Waals surface area (Å²) in [4.78, 5) is 9.81. The average Bonchev–Trinajstić information content (AvgIpc) is 1.36. The lowest BCUT2D eigenvalue weighted by Gasteiger charge is -1.78. The van der Waals surface area contributed by atoms with Gasteiger partial charge in [-0.1, -0.05) is 13.8 Å². The van der Waals surface area contributed by atoms with Crippen LogP contribution in [0.3, 0.4) is 0 Å². The standard InChI is InChI=1S/C4H8O/c1-4(2)3-5/h3-4H,1-2H3/i3T. The molecule has 0 fully saturated rings. The Hall–Kier alpha value is -0.330. The van der Waals surface area contributed by atoms with Gasteiger partial charge in [-0.25, -0.2) is 0 Å². The van der Waals surface area contributed by atoms with Crippen molar-refractivity contribution in [1.29, 1.82) is 0 Å². The van der Waals surface area contributed by atoms with Crippen LogP contribution in [0.1, 0.15) is 15.2 Å². The summed E-state index contributed by atoms with van der Waals surface area (Å²) in [6.07, 6.45) is -0.491. The predicted molar refractivity (Wildman–Crippen MR) is 20.9 cm³/mol. The molecule has 0 aliphatic carbocycles. The molecule has 0 aromatic heterocycles. The fourth-order valence-corrected chi connectivity index (χ4v) is 0.